The molecule has 1 atom stereocenters. The highest BCUT2D eigenvalue weighted by atomic mass is 19.1. The number of carbonyl (C=O) groups excluding carboxylic acids is 2. The molecule has 34 heavy (non-hydrogen) atoms. The lowest BCUT2D eigenvalue weighted by Gasteiger charge is -2.38. The number of aldehydes is 1. The molecule has 1 unspecified atom stereocenters. The van der Waals surface area contributed by atoms with E-state index in [-0.39, 0.29) is 23.8 Å². The predicted octanol–water partition coefficient (Wildman–Crippen LogP) is 3.67. The summed E-state index contributed by atoms with van der Waals surface area (Å²) >= 11 is 0. The molecule has 9 heteroatoms. The quantitative estimate of drug-likeness (QED) is 0.365. The van der Waals surface area contributed by atoms with Gasteiger partial charge in [-0.1, -0.05) is 13.0 Å². The van der Waals surface area contributed by atoms with E-state index in [0.717, 1.165) is 37.9 Å². The fourth-order valence-corrected chi connectivity index (χ4v) is 4.84. The Morgan fingerprint density at radius 2 is 1.82 bits per heavy atom. The van der Waals surface area contributed by atoms with Crippen LogP contribution in [0.3, 0.4) is 0 Å². The number of nitro benzene ring substituents is 1. The SMILES string of the molecule is CC1CCCN(c2ccc([N+](=O)[O-])cc2C(=O)N2CCN(c3ccc(CC=O)cc3F)CC2)C1. The molecule has 8 nitrogen and oxygen atoms in total. The summed E-state index contributed by atoms with van der Waals surface area (Å²) in [5.74, 6) is -0.138. The van der Waals surface area contributed by atoms with E-state index in [4.69, 9.17) is 0 Å². The summed E-state index contributed by atoms with van der Waals surface area (Å²) in [7, 11) is 0. The third-order valence-corrected chi connectivity index (χ3v) is 6.66. The minimum Gasteiger partial charge on any atom is -0.371 e. The Morgan fingerprint density at radius 1 is 1.09 bits per heavy atom. The molecule has 0 bridgehead atoms. The summed E-state index contributed by atoms with van der Waals surface area (Å²) < 4.78 is 14.6. The Balaban J connectivity index is 1.52. The van der Waals surface area contributed by atoms with Crippen LogP contribution in [-0.2, 0) is 11.2 Å². The lowest BCUT2D eigenvalue weighted by Crippen LogP contribution is -2.49. The van der Waals surface area contributed by atoms with Crippen molar-refractivity contribution in [3.8, 4) is 0 Å². The molecule has 0 saturated carbocycles. The molecule has 2 aliphatic heterocycles. The topological polar surface area (TPSA) is 87.0 Å². The van der Waals surface area contributed by atoms with E-state index in [1.807, 2.05) is 4.90 Å². The number of non-ortho nitro benzene ring substituents is 1. The van der Waals surface area contributed by atoms with Gasteiger partial charge in [0.2, 0.25) is 0 Å². The smallest absolute Gasteiger partial charge is 0.270 e. The van der Waals surface area contributed by atoms with Gasteiger partial charge in [-0.2, -0.15) is 0 Å². The molecule has 2 aliphatic rings. The van der Waals surface area contributed by atoms with Crippen molar-refractivity contribution in [3.05, 3.63) is 63.5 Å². The van der Waals surface area contributed by atoms with Crippen LogP contribution < -0.4 is 9.80 Å². The number of nitro groups is 1. The zero-order valence-corrected chi connectivity index (χ0v) is 19.3. The summed E-state index contributed by atoms with van der Waals surface area (Å²) in [6.45, 7) is 5.45. The van der Waals surface area contributed by atoms with Gasteiger partial charge in [0.05, 0.1) is 21.9 Å². The number of halogens is 1. The molecule has 2 aromatic carbocycles. The fourth-order valence-electron chi connectivity index (χ4n) is 4.84. The first-order valence-corrected chi connectivity index (χ1v) is 11.7. The van der Waals surface area contributed by atoms with Crippen LogP contribution >= 0.6 is 0 Å². The maximum atomic E-state index is 14.6. The van der Waals surface area contributed by atoms with Gasteiger partial charge in [0.25, 0.3) is 11.6 Å². The number of hydrogen-bond donors (Lipinski definition) is 0. The third kappa shape index (κ3) is 5.03. The Morgan fingerprint density at radius 3 is 2.47 bits per heavy atom. The van der Waals surface area contributed by atoms with Crippen molar-refractivity contribution >= 4 is 29.3 Å². The van der Waals surface area contributed by atoms with Crippen molar-refractivity contribution in [1.82, 2.24) is 4.90 Å². The number of rotatable bonds is 6. The van der Waals surface area contributed by atoms with E-state index < -0.39 is 4.92 Å². The number of nitrogens with zero attached hydrogens (tertiary/aromatic N) is 4. The van der Waals surface area contributed by atoms with Crippen LogP contribution in [0.2, 0.25) is 0 Å². The summed E-state index contributed by atoms with van der Waals surface area (Å²) in [6.07, 6.45) is 3.05. The number of carbonyl (C=O) groups is 2. The average molecular weight is 469 g/mol. The number of benzene rings is 2. The second kappa shape index (κ2) is 10.2. The van der Waals surface area contributed by atoms with Crippen LogP contribution in [0.25, 0.3) is 0 Å². The molecule has 0 aromatic heterocycles. The Kier molecular flexibility index (Phi) is 7.09. The fraction of sp³-hybridized carbons (Fsp3) is 0.440. The zero-order chi connectivity index (χ0) is 24.2. The molecule has 1 amide bonds. The molecule has 4 rings (SSSR count). The van der Waals surface area contributed by atoms with Gasteiger partial charge in [-0.15, -0.1) is 0 Å². The average Bonchev–Trinajstić information content (AvgIpc) is 2.84. The molecule has 0 aliphatic carbocycles. The van der Waals surface area contributed by atoms with Gasteiger partial charge in [0.1, 0.15) is 12.1 Å². The van der Waals surface area contributed by atoms with Crippen LogP contribution in [-0.4, -0.2) is 61.3 Å². The molecule has 0 spiro atoms. The highest BCUT2D eigenvalue weighted by Crippen LogP contribution is 2.31. The van der Waals surface area contributed by atoms with Gasteiger partial charge in [-0.3, -0.25) is 14.9 Å². The molecular weight excluding hydrogens is 439 g/mol. The van der Waals surface area contributed by atoms with E-state index in [9.17, 15) is 24.1 Å². The second-order valence-corrected chi connectivity index (χ2v) is 9.09. The molecule has 0 N–H and O–H groups in total. The number of piperidine rings is 1. The highest BCUT2D eigenvalue weighted by molar-refractivity contribution is 6.00. The lowest BCUT2D eigenvalue weighted by molar-refractivity contribution is -0.384. The van der Waals surface area contributed by atoms with E-state index >= 15 is 0 Å². The first-order chi connectivity index (χ1) is 16.4. The van der Waals surface area contributed by atoms with Gasteiger partial charge in [-0.25, -0.2) is 4.39 Å². The first kappa shape index (κ1) is 23.7. The zero-order valence-electron chi connectivity index (χ0n) is 19.3. The minimum absolute atomic E-state index is 0.103. The summed E-state index contributed by atoms with van der Waals surface area (Å²) in [6, 6.07) is 9.31. The van der Waals surface area contributed by atoms with Crippen molar-refractivity contribution < 1.29 is 18.9 Å². The maximum Gasteiger partial charge on any atom is 0.270 e. The normalized spacial score (nSPS) is 18.6. The largest absolute Gasteiger partial charge is 0.371 e. The summed E-state index contributed by atoms with van der Waals surface area (Å²) in [4.78, 5) is 40.8. The van der Waals surface area contributed by atoms with Gasteiger partial charge >= 0.3 is 0 Å². The van der Waals surface area contributed by atoms with E-state index in [0.29, 0.717) is 48.9 Å². The number of hydrogen-bond acceptors (Lipinski definition) is 6. The van der Waals surface area contributed by atoms with E-state index in [1.165, 1.54) is 18.2 Å². The van der Waals surface area contributed by atoms with Crippen LogP contribution in [0.1, 0.15) is 35.7 Å². The first-order valence-electron chi connectivity index (χ1n) is 11.7. The maximum absolute atomic E-state index is 14.6. The van der Waals surface area contributed by atoms with Gasteiger partial charge in [-0.05, 0) is 42.5 Å². The third-order valence-electron chi connectivity index (χ3n) is 6.66. The van der Waals surface area contributed by atoms with Crippen molar-refractivity contribution in [1.29, 1.82) is 0 Å². The Bertz CT molecular complexity index is 1080. The molecule has 0 radical (unpaired) electrons. The van der Waals surface area contributed by atoms with Gasteiger partial charge < -0.3 is 19.5 Å². The van der Waals surface area contributed by atoms with Crippen LogP contribution in [0.15, 0.2) is 36.4 Å². The number of anilines is 2. The highest BCUT2D eigenvalue weighted by Gasteiger charge is 2.29. The van der Waals surface area contributed by atoms with E-state index in [2.05, 4.69) is 11.8 Å². The molecule has 180 valence electrons. The molecule has 2 fully saturated rings. The number of piperazine rings is 1. The van der Waals surface area contributed by atoms with Crippen LogP contribution in [0.4, 0.5) is 21.5 Å². The summed E-state index contributed by atoms with van der Waals surface area (Å²) in [5, 5.41) is 11.4. The minimum atomic E-state index is -0.478. The summed E-state index contributed by atoms with van der Waals surface area (Å²) in [5.41, 5.74) is 2.05. The second-order valence-electron chi connectivity index (χ2n) is 9.09. The van der Waals surface area contributed by atoms with Crippen molar-refractivity contribution in [2.24, 2.45) is 5.92 Å². The Hall–Kier alpha value is -3.49. The monoisotopic (exact) mass is 468 g/mol. The molecule has 2 heterocycles. The van der Waals surface area contributed by atoms with Gasteiger partial charge in [0.15, 0.2) is 0 Å². The molecule has 2 aromatic rings. The standard InChI is InChI=1S/C25H29FN4O4/c1-18-3-2-9-29(17-18)23-7-5-20(30(33)34)16-21(23)25(32)28-12-10-27(11-13-28)24-6-4-19(8-14-31)15-22(24)26/h4-7,14-16,18H,2-3,8-13,17H2,1H3. The predicted molar refractivity (Wildman–Crippen MR) is 128 cm³/mol. The van der Waals surface area contributed by atoms with Crippen molar-refractivity contribution in [2.75, 3.05) is 49.1 Å². The van der Waals surface area contributed by atoms with Crippen LogP contribution in [0, 0.1) is 21.8 Å². The number of amides is 1. The van der Waals surface area contributed by atoms with Crippen molar-refractivity contribution in [2.45, 2.75) is 26.2 Å². The molecular formula is C25H29FN4O4. The van der Waals surface area contributed by atoms with Crippen molar-refractivity contribution in [3.63, 3.8) is 0 Å². The van der Waals surface area contributed by atoms with Gasteiger partial charge in [0, 0.05) is 57.8 Å². The van der Waals surface area contributed by atoms with Crippen LogP contribution in [0.5, 0.6) is 0 Å². The molecule has 2 saturated heterocycles. The lowest BCUT2D eigenvalue weighted by atomic mass is 9.98. The van der Waals surface area contributed by atoms with E-state index in [1.54, 1.807) is 23.1 Å². The Labute approximate surface area is 198 Å².